The second-order valence-corrected chi connectivity index (χ2v) is 12.3. The van der Waals surface area contributed by atoms with Crippen LogP contribution in [0.15, 0.2) is 70.8 Å². The first-order valence-electron chi connectivity index (χ1n) is 14.5. The highest BCUT2D eigenvalue weighted by Crippen LogP contribution is 2.37. The van der Waals surface area contributed by atoms with E-state index in [0.29, 0.717) is 35.0 Å². The highest BCUT2D eigenvalue weighted by Gasteiger charge is 2.27. The number of aryl methyl sites for hydroxylation is 1. The molecule has 1 fully saturated rings. The molecule has 2 heterocycles. The number of hydrogen-bond acceptors (Lipinski definition) is 6. The summed E-state index contributed by atoms with van der Waals surface area (Å²) >= 11 is 3.68. The van der Waals surface area contributed by atoms with Crippen molar-refractivity contribution >= 4 is 33.6 Å². The molecule has 1 aliphatic heterocycles. The van der Waals surface area contributed by atoms with E-state index >= 15 is 0 Å². The smallest absolute Gasteiger partial charge is 0.194 e. The van der Waals surface area contributed by atoms with Crippen LogP contribution in [0, 0.1) is 12.7 Å². The van der Waals surface area contributed by atoms with Crippen molar-refractivity contribution in [1.29, 1.82) is 0 Å². The second kappa shape index (κ2) is 12.0. The van der Waals surface area contributed by atoms with Crippen LogP contribution in [0.4, 0.5) is 10.2 Å². The van der Waals surface area contributed by atoms with Crippen LogP contribution >= 0.6 is 15.9 Å². The summed E-state index contributed by atoms with van der Waals surface area (Å²) in [6.07, 6.45) is 6.10. The van der Waals surface area contributed by atoms with Gasteiger partial charge < -0.3 is 20.1 Å². The summed E-state index contributed by atoms with van der Waals surface area (Å²) in [6.45, 7) is 8.40. The predicted molar refractivity (Wildman–Crippen MR) is 170 cm³/mol. The highest BCUT2D eigenvalue weighted by atomic mass is 79.9. The minimum Gasteiger partial charge on any atom is -0.489 e. The van der Waals surface area contributed by atoms with Gasteiger partial charge in [-0.05, 0) is 115 Å². The van der Waals surface area contributed by atoms with E-state index < -0.39 is 5.82 Å². The first-order valence-corrected chi connectivity index (χ1v) is 15.3. The van der Waals surface area contributed by atoms with Crippen LogP contribution in [-0.4, -0.2) is 45.7 Å². The third-order valence-electron chi connectivity index (χ3n) is 8.21. The number of benzene rings is 3. The standard InChI is InChI=1S/C34H34BrFN4O3/c1-20(2)39-12-10-25(11-13-39)42-32-18-23-16-24(15-22(23)17-28(32)35)33(41)27-19-38-40(34(27)37)30-9-8-26(14-21(30)3)43-31-7-5-4-6-29(31)36/h4-9,14,16-20,25H,10-13,15,37H2,1-3H3. The number of piperidine rings is 1. The van der Waals surface area contributed by atoms with Crippen molar-refractivity contribution in [2.45, 2.75) is 52.2 Å². The van der Waals surface area contributed by atoms with Crippen molar-refractivity contribution in [1.82, 2.24) is 14.7 Å². The zero-order valence-corrected chi connectivity index (χ0v) is 26.0. The molecule has 0 atom stereocenters. The Hall–Kier alpha value is -3.95. The minimum absolute atomic E-state index is 0.143. The van der Waals surface area contributed by atoms with Gasteiger partial charge in [0, 0.05) is 31.1 Å². The summed E-state index contributed by atoms with van der Waals surface area (Å²) in [6, 6.07) is 16.2. The number of Topliss-reactive ketones (excluding diaryl/α,β-unsaturated/α-hetero) is 1. The highest BCUT2D eigenvalue weighted by molar-refractivity contribution is 9.10. The van der Waals surface area contributed by atoms with E-state index in [1.807, 2.05) is 25.1 Å². The molecule has 1 aliphatic carbocycles. The van der Waals surface area contributed by atoms with Crippen molar-refractivity contribution in [3.05, 3.63) is 98.9 Å². The first kappa shape index (κ1) is 29.1. The van der Waals surface area contributed by atoms with E-state index in [0.717, 1.165) is 52.8 Å². The number of likely N-dealkylation sites (tertiary alicyclic amines) is 1. The number of carbonyl (C=O) groups excluding carboxylic acids is 1. The summed E-state index contributed by atoms with van der Waals surface area (Å²) in [4.78, 5) is 16.1. The Kier molecular flexibility index (Phi) is 8.11. The topological polar surface area (TPSA) is 82.6 Å². The molecule has 3 aromatic carbocycles. The van der Waals surface area contributed by atoms with E-state index in [1.165, 1.54) is 12.3 Å². The molecule has 2 aliphatic rings. The number of fused-ring (bicyclic) bond motifs is 1. The van der Waals surface area contributed by atoms with E-state index in [2.05, 4.69) is 39.8 Å². The van der Waals surface area contributed by atoms with Crippen LogP contribution < -0.4 is 15.2 Å². The SMILES string of the molecule is Cc1cc(Oc2ccccc2F)ccc1-n1ncc(C(=O)C2=Cc3cc(OC4CCN(C(C)C)CC4)c(Br)cc3C2)c1N. The number of ether oxygens (including phenoxy) is 2. The Morgan fingerprint density at radius 2 is 1.86 bits per heavy atom. The van der Waals surface area contributed by atoms with Gasteiger partial charge in [-0.1, -0.05) is 12.1 Å². The number of ketones is 1. The maximum absolute atomic E-state index is 14.0. The Bertz CT molecular complexity index is 1720. The lowest BCUT2D eigenvalue weighted by Gasteiger charge is -2.34. The third kappa shape index (κ3) is 5.96. The number of allylic oxidation sites excluding steroid dienone is 1. The number of hydrogen-bond donors (Lipinski definition) is 1. The molecular formula is C34H34BrFN4O3. The summed E-state index contributed by atoms with van der Waals surface area (Å²) in [5, 5.41) is 4.44. The fourth-order valence-electron chi connectivity index (χ4n) is 5.75. The average Bonchev–Trinajstić information content (AvgIpc) is 3.57. The lowest BCUT2D eigenvalue weighted by molar-refractivity contribution is 0.0838. The number of rotatable bonds is 8. The molecule has 0 spiro atoms. The van der Waals surface area contributed by atoms with Gasteiger partial charge in [0.1, 0.15) is 23.4 Å². The number of para-hydroxylation sites is 1. The number of aromatic nitrogens is 2. The Morgan fingerprint density at radius 3 is 2.58 bits per heavy atom. The molecule has 9 heteroatoms. The van der Waals surface area contributed by atoms with Crippen LogP contribution in [0.2, 0.25) is 0 Å². The number of halogens is 2. The minimum atomic E-state index is -0.439. The summed E-state index contributed by atoms with van der Waals surface area (Å²) < 4.78 is 28.6. The van der Waals surface area contributed by atoms with Gasteiger partial charge in [0.15, 0.2) is 17.3 Å². The van der Waals surface area contributed by atoms with Gasteiger partial charge in [-0.15, -0.1) is 0 Å². The van der Waals surface area contributed by atoms with E-state index in [4.69, 9.17) is 15.2 Å². The molecule has 0 bridgehead atoms. The lowest BCUT2D eigenvalue weighted by atomic mass is 10.0. The van der Waals surface area contributed by atoms with Gasteiger partial charge in [-0.2, -0.15) is 5.10 Å². The molecule has 0 unspecified atom stereocenters. The van der Waals surface area contributed by atoms with E-state index in [-0.39, 0.29) is 23.5 Å². The number of carbonyl (C=O) groups is 1. The Labute approximate surface area is 259 Å². The van der Waals surface area contributed by atoms with Gasteiger partial charge in [0.2, 0.25) is 0 Å². The van der Waals surface area contributed by atoms with Crippen molar-refractivity contribution in [2.75, 3.05) is 18.8 Å². The van der Waals surface area contributed by atoms with Gasteiger partial charge in [-0.25, -0.2) is 9.07 Å². The van der Waals surface area contributed by atoms with Crippen LogP contribution in [0.5, 0.6) is 17.2 Å². The molecule has 1 aromatic heterocycles. The van der Waals surface area contributed by atoms with Crippen LogP contribution in [0.1, 0.15) is 53.7 Å². The van der Waals surface area contributed by atoms with Crippen molar-refractivity contribution in [3.63, 3.8) is 0 Å². The monoisotopic (exact) mass is 644 g/mol. The quantitative estimate of drug-likeness (QED) is 0.200. The maximum Gasteiger partial charge on any atom is 0.194 e. The molecule has 1 saturated heterocycles. The maximum atomic E-state index is 14.0. The van der Waals surface area contributed by atoms with Gasteiger partial charge in [-0.3, -0.25) is 4.79 Å². The molecule has 222 valence electrons. The summed E-state index contributed by atoms with van der Waals surface area (Å²) in [5.74, 6) is 1.09. The number of anilines is 1. The molecule has 6 rings (SSSR count). The molecule has 0 radical (unpaired) electrons. The molecule has 0 amide bonds. The molecule has 43 heavy (non-hydrogen) atoms. The van der Waals surface area contributed by atoms with Crippen molar-refractivity contribution < 1.29 is 18.7 Å². The van der Waals surface area contributed by atoms with Crippen LogP contribution in [0.3, 0.4) is 0 Å². The van der Waals surface area contributed by atoms with E-state index in [1.54, 1.807) is 41.1 Å². The summed E-state index contributed by atoms with van der Waals surface area (Å²) in [7, 11) is 0. The number of nitrogens with two attached hydrogens (primary N) is 1. The zero-order chi connectivity index (χ0) is 30.2. The number of nitrogens with zero attached hydrogens (tertiary/aromatic N) is 3. The normalized spacial score (nSPS) is 15.4. The largest absolute Gasteiger partial charge is 0.489 e. The van der Waals surface area contributed by atoms with E-state index in [9.17, 15) is 9.18 Å². The van der Waals surface area contributed by atoms with Crippen molar-refractivity contribution in [2.24, 2.45) is 0 Å². The molecule has 0 saturated carbocycles. The predicted octanol–water partition coefficient (Wildman–Crippen LogP) is 7.53. The second-order valence-electron chi connectivity index (χ2n) is 11.4. The summed E-state index contributed by atoms with van der Waals surface area (Å²) in [5.41, 5.74) is 11.0. The fourth-order valence-corrected chi connectivity index (χ4v) is 6.23. The fraction of sp³-hybridized carbons (Fsp3) is 0.294. The molecular weight excluding hydrogens is 611 g/mol. The zero-order valence-electron chi connectivity index (χ0n) is 24.4. The Balaban J connectivity index is 1.17. The van der Waals surface area contributed by atoms with Crippen LogP contribution in [-0.2, 0) is 6.42 Å². The van der Waals surface area contributed by atoms with Crippen molar-refractivity contribution in [3.8, 4) is 22.9 Å². The molecule has 7 nitrogen and oxygen atoms in total. The molecule has 2 N–H and O–H groups in total. The number of nitrogen functional groups attached to an aromatic ring is 1. The third-order valence-corrected chi connectivity index (χ3v) is 8.83. The Morgan fingerprint density at radius 1 is 1.09 bits per heavy atom. The lowest BCUT2D eigenvalue weighted by Crippen LogP contribution is -2.41. The van der Waals surface area contributed by atoms with Gasteiger partial charge in [0.25, 0.3) is 0 Å². The van der Waals surface area contributed by atoms with Gasteiger partial charge >= 0.3 is 0 Å². The van der Waals surface area contributed by atoms with Gasteiger partial charge in [0.05, 0.1) is 21.9 Å². The molecule has 4 aromatic rings. The van der Waals surface area contributed by atoms with Crippen LogP contribution in [0.25, 0.3) is 11.8 Å². The average molecular weight is 646 g/mol. The first-order chi connectivity index (χ1) is 20.7.